The number of H-pyrrole nitrogens is 1. The fourth-order valence-corrected chi connectivity index (χ4v) is 1.42. The minimum atomic E-state index is -0.338. The molecule has 0 aromatic carbocycles. The van der Waals surface area contributed by atoms with E-state index in [2.05, 4.69) is 25.5 Å². The maximum absolute atomic E-state index is 11.5. The molecule has 0 saturated carbocycles. The predicted octanol–water partition coefficient (Wildman–Crippen LogP) is 0.522. The fourth-order valence-electron chi connectivity index (χ4n) is 0.890. The van der Waals surface area contributed by atoms with Crippen LogP contribution in [0, 0.1) is 0 Å². The number of carbonyl (C=O) groups excluding carboxylic acids is 1. The standard InChI is InChI=1S/C7H7N5O2S/c1-14-7-10-6(11-12-7)9-5(13)4-2-15-3-8-4/h2-3H,1H3,(H2,9,10,11,12,13). The van der Waals surface area contributed by atoms with E-state index in [9.17, 15) is 4.79 Å². The number of nitrogens with zero attached hydrogens (tertiary/aromatic N) is 3. The van der Waals surface area contributed by atoms with Gasteiger partial charge < -0.3 is 4.74 Å². The number of aromatic amines is 1. The summed E-state index contributed by atoms with van der Waals surface area (Å²) in [6.45, 7) is 0. The zero-order valence-corrected chi connectivity index (χ0v) is 8.54. The van der Waals surface area contributed by atoms with Gasteiger partial charge in [0.25, 0.3) is 5.91 Å². The van der Waals surface area contributed by atoms with Crippen LogP contribution in [0.25, 0.3) is 0 Å². The van der Waals surface area contributed by atoms with E-state index in [4.69, 9.17) is 4.74 Å². The first-order valence-electron chi connectivity index (χ1n) is 3.95. The van der Waals surface area contributed by atoms with Gasteiger partial charge in [-0.1, -0.05) is 0 Å². The van der Waals surface area contributed by atoms with Gasteiger partial charge in [0.05, 0.1) is 12.6 Å². The number of thiazole rings is 1. The molecule has 2 N–H and O–H groups in total. The second kappa shape index (κ2) is 4.05. The van der Waals surface area contributed by atoms with Crippen LogP contribution in [0.3, 0.4) is 0 Å². The van der Waals surface area contributed by atoms with Crippen LogP contribution in [0.4, 0.5) is 5.95 Å². The summed E-state index contributed by atoms with van der Waals surface area (Å²) in [5, 5.41) is 10.3. The van der Waals surface area contributed by atoms with Crippen molar-refractivity contribution in [3.63, 3.8) is 0 Å². The highest BCUT2D eigenvalue weighted by Gasteiger charge is 2.10. The van der Waals surface area contributed by atoms with Gasteiger partial charge in [-0.25, -0.2) is 10.1 Å². The molecule has 2 aromatic heterocycles. The van der Waals surface area contributed by atoms with Crippen LogP contribution in [0.2, 0.25) is 0 Å². The smallest absolute Gasteiger partial charge is 0.336 e. The molecule has 0 bridgehead atoms. The Balaban J connectivity index is 2.06. The molecule has 0 aliphatic heterocycles. The molecule has 0 aliphatic carbocycles. The first-order chi connectivity index (χ1) is 7.29. The monoisotopic (exact) mass is 225 g/mol. The van der Waals surface area contributed by atoms with Gasteiger partial charge in [-0.2, -0.15) is 4.98 Å². The third-order valence-electron chi connectivity index (χ3n) is 1.54. The SMILES string of the molecule is COc1n[nH]c(NC(=O)c2cscn2)n1. The number of nitrogens with one attached hydrogen (secondary N) is 2. The van der Waals surface area contributed by atoms with E-state index in [1.165, 1.54) is 18.4 Å². The first kappa shape index (κ1) is 9.59. The number of aromatic nitrogens is 4. The minimum absolute atomic E-state index is 0.170. The number of methoxy groups -OCH3 is 1. The van der Waals surface area contributed by atoms with Gasteiger partial charge in [-0.3, -0.25) is 10.1 Å². The van der Waals surface area contributed by atoms with E-state index >= 15 is 0 Å². The van der Waals surface area contributed by atoms with Crippen molar-refractivity contribution in [2.45, 2.75) is 0 Å². The van der Waals surface area contributed by atoms with E-state index in [0.717, 1.165) is 0 Å². The van der Waals surface area contributed by atoms with Crippen LogP contribution < -0.4 is 10.1 Å². The van der Waals surface area contributed by atoms with Crippen LogP contribution in [0.15, 0.2) is 10.9 Å². The van der Waals surface area contributed by atoms with Gasteiger partial charge in [-0.15, -0.1) is 16.4 Å². The average Bonchev–Trinajstić information content (AvgIpc) is 2.87. The van der Waals surface area contributed by atoms with Crippen LogP contribution in [-0.4, -0.2) is 33.2 Å². The quantitative estimate of drug-likeness (QED) is 0.794. The van der Waals surface area contributed by atoms with Crippen molar-refractivity contribution >= 4 is 23.2 Å². The average molecular weight is 225 g/mol. The highest BCUT2D eigenvalue weighted by Crippen LogP contribution is 2.07. The molecule has 1 amide bonds. The predicted molar refractivity (Wildman–Crippen MR) is 53.0 cm³/mol. The van der Waals surface area contributed by atoms with Crippen LogP contribution in [-0.2, 0) is 0 Å². The lowest BCUT2D eigenvalue weighted by molar-refractivity contribution is 0.102. The summed E-state index contributed by atoms with van der Waals surface area (Å²) in [6.07, 6.45) is 0. The molecule has 0 atom stereocenters. The molecule has 78 valence electrons. The van der Waals surface area contributed by atoms with E-state index in [-0.39, 0.29) is 17.9 Å². The van der Waals surface area contributed by atoms with Crippen molar-refractivity contribution in [1.82, 2.24) is 20.2 Å². The van der Waals surface area contributed by atoms with Gasteiger partial charge in [0, 0.05) is 5.38 Å². The zero-order chi connectivity index (χ0) is 10.7. The number of hydrogen-bond donors (Lipinski definition) is 2. The van der Waals surface area contributed by atoms with Crippen molar-refractivity contribution in [1.29, 1.82) is 0 Å². The lowest BCUT2D eigenvalue weighted by atomic mass is 10.5. The third-order valence-corrected chi connectivity index (χ3v) is 2.13. The Morgan fingerprint density at radius 3 is 3.13 bits per heavy atom. The van der Waals surface area contributed by atoms with E-state index in [1.807, 2.05) is 0 Å². The zero-order valence-electron chi connectivity index (χ0n) is 7.72. The summed E-state index contributed by atoms with van der Waals surface area (Å²) in [4.78, 5) is 19.2. The molecule has 2 rings (SSSR count). The molecule has 7 nitrogen and oxygen atoms in total. The lowest BCUT2D eigenvalue weighted by Gasteiger charge is -1.95. The van der Waals surface area contributed by atoms with Crippen molar-refractivity contribution < 1.29 is 9.53 Å². The Kier molecular flexibility index (Phi) is 2.59. The fraction of sp³-hybridized carbons (Fsp3) is 0.143. The Hall–Kier alpha value is -1.96. The number of hydrogen-bond acceptors (Lipinski definition) is 6. The van der Waals surface area contributed by atoms with Gasteiger partial charge in [0.15, 0.2) is 0 Å². The molecular formula is C7H7N5O2S. The summed E-state index contributed by atoms with van der Waals surface area (Å²) in [7, 11) is 1.44. The highest BCUT2D eigenvalue weighted by molar-refractivity contribution is 7.07. The largest absolute Gasteiger partial charge is 0.466 e. The first-order valence-corrected chi connectivity index (χ1v) is 4.90. The summed E-state index contributed by atoms with van der Waals surface area (Å²) in [6, 6.07) is 0.170. The summed E-state index contributed by atoms with van der Waals surface area (Å²) < 4.78 is 4.75. The minimum Gasteiger partial charge on any atom is -0.466 e. The van der Waals surface area contributed by atoms with Crippen LogP contribution >= 0.6 is 11.3 Å². The van der Waals surface area contributed by atoms with Gasteiger partial charge in [0.2, 0.25) is 5.95 Å². The molecule has 0 fully saturated rings. The molecule has 2 aromatic rings. The van der Waals surface area contributed by atoms with Crippen molar-refractivity contribution in [3.05, 3.63) is 16.6 Å². The molecule has 0 aliphatic rings. The molecule has 15 heavy (non-hydrogen) atoms. The van der Waals surface area contributed by atoms with E-state index in [0.29, 0.717) is 5.69 Å². The van der Waals surface area contributed by atoms with Crippen LogP contribution in [0.5, 0.6) is 6.01 Å². The summed E-state index contributed by atoms with van der Waals surface area (Å²) in [5.74, 6) is -0.111. The highest BCUT2D eigenvalue weighted by atomic mass is 32.1. The maximum atomic E-state index is 11.5. The Morgan fingerprint density at radius 2 is 2.53 bits per heavy atom. The normalized spacial score (nSPS) is 9.93. The molecule has 0 radical (unpaired) electrons. The molecule has 0 saturated heterocycles. The van der Waals surface area contributed by atoms with Crippen LogP contribution in [0.1, 0.15) is 10.5 Å². The molecule has 0 unspecified atom stereocenters. The number of carbonyl (C=O) groups is 1. The van der Waals surface area contributed by atoms with Crippen molar-refractivity contribution in [2.75, 3.05) is 12.4 Å². The molecule has 2 heterocycles. The molecule has 0 spiro atoms. The second-order valence-corrected chi connectivity index (χ2v) is 3.22. The number of anilines is 1. The Morgan fingerprint density at radius 1 is 1.67 bits per heavy atom. The maximum Gasteiger partial charge on any atom is 0.336 e. The van der Waals surface area contributed by atoms with Crippen molar-refractivity contribution in [3.8, 4) is 6.01 Å². The molecule has 8 heteroatoms. The second-order valence-electron chi connectivity index (χ2n) is 2.50. The number of amides is 1. The lowest BCUT2D eigenvalue weighted by Crippen LogP contribution is -2.13. The van der Waals surface area contributed by atoms with Gasteiger partial charge >= 0.3 is 6.01 Å². The van der Waals surface area contributed by atoms with Gasteiger partial charge in [0.1, 0.15) is 5.69 Å². The topological polar surface area (TPSA) is 92.8 Å². The Bertz CT molecular complexity index is 452. The van der Waals surface area contributed by atoms with Crippen molar-refractivity contribution in [2.24, 2.45) is 0 Å². The summed E-state index contributed by atoms with van der Waals surface area (Å²) in [5.41, 5.74) is 1.92. The van der Waals surface area contributed by atoms with E-state index < -0.39 is 0 Å². The number of ether oxygens (including phenoxy) is 1. The van der Waals surface area contributed by atoms with E-state index in [1.54, 1.807) is 10.9 Å². The summed E-state index contributed by atoms with van der Waals surface area (Å²) >= 11 is 1.35. The third kappa shape index (κ3) is 2.10. The number of rotatable bonds is 3. The Labute approximate surface area is 88.5 Å². The van der Waals surface area contributed by atoms with Gasteiger partial charge in [-0.05, 0) is 0 Å². The molecular weight excluding hydrogens is 218 g/mol.